The Balaban J connectivity index is 1.18. The second kappa shape index (κ2) is 17.3. The SMILES string of the molecule is CCCCOC(C)Oc1ccc(-c2ccc3c(c2)C=C(C(=O)Nc2ccc(CN(C)C4CCCOC4)cc2)CCN3Cc2scnc2C)cc1. The Hall–Kier alpha value is -4.02. The van der Waals surface area contributed by atoms with E-state index in [-0.39, 0.29) is 12.2 Å². The van der Waals surface area contributed by atoms with E-state index in [1.54, 1.807) is 11.3 Å². The average molecular weight is 695 g/mol. The number of carbonyl (C=O) groups excluding carboxylic acids is 1. The summed E-state index contributed by atoms with van der Waals surface area (Å²) >= 11 is 1.68. The van der Waals surface area contributed by atoms with Crippen molar-refractivity contribution >= 4 is 34.7 Å². The maximum Gasteiger partial charge on any atom is 0.251 e. The second-order valence-corrected chi connectivity index (χ2v) is 14.3. The number of nitrogens with one attached hydrogen (secondary N) is 1. The minimum atomic E-state index is -0.302. The maximum absolute atomic E-state index is 13.8. The molecule has 0 saturated carbocycles. The van der Waals surface area contributed by atoms with Gasteiger partial charge in [0.15, 0.2) is 6.29 Å². The number of aromatic nitrogens is 1. The van der Waals surface area contributed by atoms with Crippen LogP contribution < -0.4 is 15.0 Å². The Bertz CT molecular complexity index is 1730. The molecule has 3 aromatic carbocycles. The quantitative estimate of drug-likeness (QED) is 0.105. The smallest absolute Gasteiger partial charge is 0.251 e. The number of fused-ring (bicyclic) bond motifs is 1. The van der Waals surface area contributed by atoms with Crippen LogP contribution in [-0.4, -0.2) is 61.5 Å². The first-order valence-corrected chi connectivity index (χ1v) is 18.8. The standard InChI is InChI=1S/C41H50N4O4S/c1-5-6-22-48-30(3)49-38-16-11-32(12-17-38)33-13-18-39-35(23-33)24-34(19-20-45(39)26-40-29(2)42-28-50-40)41(46)43-36-14-9-31(10-15-36)25-44(4)37-8-7-21-47-27-37/h9-18,23-24,28,30,37H,5-8,19-22,25-27H2,1-4H3,(H,43,46). The van der Waals surface area contributed by atoms with E-state index in [1.807, 2.05) is 36.7 Å². The van der Waals surface area contributed by atoms with Crippen molar-refractivity contribution in [2.75, 3.05) is 43.6 Å². The lowest BCUT2D eigenvalue weighted by Crippen LogP contribution is -2.37. The number of likely N-dealkylation sites (N-methyl/N-ethyl adjacent to an activating group) is 1. The van der Waals surface area contributed by atoms with Crippen molar-refractivity contribution in [1.29, 1.82) is 0 Å². The number of anilines is 2. The number of nitrogens with zero attached hydrogens (tertiary/aromatic N) is 3. The van der Waals surface area contributed by atoms with Crippen molar-refractivity contribution < 1.29 is 19.0 Å². The molecule has 4 aromatic rings. The largest absolute Gasteiger partial charge is 0.465 e. The normalized spacial score (nSPS) is 16.8. The van der Waals surface area contributed by atoms with E-state index in [4.69, 9.17) is 14.2 Å². The van der Waals surface area contributed by atoms with Gasteiger partial charge < -0.3 is 24.4 Å². The van der Waals surface area contributed by atoms with Gasteiger partial charge in [0.25, 0.3) is 5.91 Å². The zero-order valence-electron chi connectivity index (χ0n) is 29.8. The Labute approximate surface area is 301 Å². The van der Waals surface area contributed by atoms with Crippen LogP contribution >= 0.6 is 11.3 Å². The fourth-order valence-corrected chi connectivity index (χ4v) is 7.30. The predicted octanol–water partition coefficient (Wildman–Crippen LogP) is 8.70. The highest BCUT2D eigenvalue weighted by Crippen LogP contribution is 2.35. The molecule has 0 radical (unpaired) electrons. The third-order valence-electron chi connectivity index (χ3n) is 9.56. The Morgan fingerprint density at radius 3 is 2.64 bits per heavy atom. The van der Waals surface area contributed by atoms with Gasteiger partial charge >= 0.3 is 0 Å². The highest BCUT2D eigenvalue weighted by atomic mass is 32.1. The van der Waals surface area contributed by atoms with Gasteiger partial charge in [-0.2, -0.15) is 0 Å². The predicted molar refractivity (Wildman–Crippen MR) is 204 cm³/mol. The number of carbonyl (C=O) groups is 1. The van der Waals surface area contributed by atoms with Gasteiger partial charge in [0, 0.05) is 47.6 Å². The number of aryl methyl sites for hydroxylation is 1. The van der Waals surface area contributed by atoms with E-state index in [2.05, 4.69) is 89.5 Å². The lowest BCUT2D eigenvalue weighted by molar-refractivity contribution is -0.112. The molecule has 0 spiro atoms. The molecule has 6 rings (SSSR count). The van der Waals surface area contributed by atoms with Gasteiger partial charge in [-0.15, -0.1) is 11.3 Å². The van der Waals surface area contributed by atoms with E-state index < -0.39 is 0 Å². The van der Waals surface area contributed by atoms with E-state index >= 15 is 0 Å². The van der Waals surface area contributed by atoms with E-state index in [0.29, 0.717) is 19.1 Å². The van der Waals surface area contributed by atoms with Crippen LogP contribution in [0, 0.1) is 6.92 Å². The minimum Gasteiger partial charge on any atom is -0.465 e. The number of rotatable bonds is 14. The van der Waals surface area contributed by atoms with Gasteiger partial charge in [-0.3, -0.25) is 9.69 Å². The molecule has 2 aliphatic rings. The number of hydrogen-bond donors (Lipinski definition) is 1. The zero-order valence-corrected chi connectivity index (χ0v) is 30.6. The van der Waals surface area contributed by atoms with E-state index in [9.17, 15) is 4.79 Å². The highest BCUT2D eigenvalue weighted by Gasteiger charge is 2.22. The van der Waals surface area contributed by atoms with Crippen LogP contribution in [0.3, 0.4) is 0 Å². The van der Waals surface area contributed by atoms with Crippen molar-refractivity contribution in [3.63, 3.8) is 0 Å². The summed E-state index contributed by atoms with van der Waals surface area (Å²) in [6.45, 7) is 10.8. The van der Waals surface area contributed by atoms with E-state index in [1.165, 1.54) is 16.9 Å². The van der Waals surface area contributed by atoms with Gasteiger partial charge in [0.05, 0.1) is 31.0 Å². The molecule has 9 heteroatoms. The number of ether oxygens (including phenoxy) is 3. The molecule has 1 aromatic heterocycles. The molecule has 0 aliphatic carbocycles. The lowest BCUT2D eigenvalue weighted by Gasteiger charge is -2.31. The monoisotopic (exact) mass is 694 g/mol. The molecule has 1 saturated heterocycles. The van der Waals surface area contributed by atoms with Gasteiger partial charge in [-0.25, -0.2) is 4.98 Å². The number of thiazole rings is 1. The molecule has 8 nitrogen and oxygen atoms in total. The van der Waals surface area contributed by atoms with Crippen LogP contribution in [0.2, 0.25) is 0 Å². The fraction of sp³-hybridized carbons (Fsp3) is 0.415. The molecule has 1 fully saturated rings. The molecule has 2 atom stereocenters. The molecular formula is C41H50N4O4S. The summed E-state index contributed by atoms with van der Waals surface area (Å²) in [6, 6.07) is 23.3. The number of unbranched alkanes of at least 4 members (excludes halogenated alkanes) is 1. The summed E-state index contributed by atoms with van der Waals surface area (Å²) in [5, 5.41) is 3.18. The molecule has 2 unspecified atom stereocenters. The molecule has 264 valence electrons. The zero-order chi connectivity index (χ0) is 34.9. The van der Waals surface area contributed by atoms with Crippen LogP contribution in [0.25, 0.3) is 17.2 Å². The van der Waals surface area contributed by atoms with Crippen molar-refractivity contribution in [1.82, 2.24) is 9.88 Å². The molecule has 0 bridgehead atoms. The molecule has 2 aliphatic heterocycles. The third kappa shape index (κ3) is 9.40. The number of hydrogen-bond acceptors (Lipinski definition) is 8. The Morgan fingerprint density at radius 1 is 1.12 bits per heavy atom. The van der Waals surface area contributed by atoms with Crippen molar-refractivity contribution in [3.8, 4) is 16.9 Å². The molecule has 50 heavy (non-hydrogen) atoms. The lowest BCUT2D eigenvalue weighted by atomic mass is 10.00. The first-order chi connectivity index (χ1) is 24.4. The van der Waals surface area contributed by atoms with Gasteiger partial charge in [0.2, 0.25) is 0 Å². The van der Waals surface area contributed by atoms with Crippen molar-refractivity contribution in [2.24, 2.45) is 0 Å². The van der Waals surface area contributed by atoms with E-state index in [0.717, 1.165) is 97.2 Å². The van der Waals surface area contributed by atoms with Gasteiger partial charge in [-0.05, 0) is 111 Å². The summed E-state index contributed by atoms with van der Waals surface area (Å²) < 4.78 is 17.4. The topological polar surface area (TPSA) is 76.2 Å². The van der Waals surface area contributed by atoms with Crippen LogP contribution in [0.4, 0.5) is 11.4 Å². The molecule has 1 N–H and O–H groups in total. The van der Waals surface area contributed by atoms with Gasteiger partial charge in [0.1, 0.15) is 5.75 Å². The maximum atomic E-state index is 13.8. The number of amides is 1. The molecule has 3 heterocycles. The molecular weight excluding hydrogens is 645 g/mol. The summed E-state index contributed by atoms with van der Waals surface area (Å²) in [7, 11) is 2.16. The fourth-order valence-electron chi connectivity index (χ4n) is 6.51. The Morgan fingerprint density at radius 2 is 1.92 bits per heavy atom. The summed E-state index contributed by atoms with van der Waals surface area (Å²) in [5.41, 5.74) is 10.0. The van der Waals surface area contributed by atoms with Crippen LogP contribution in [0.15, 0.2) is 77.8 Å². The van der Waals surface area contributed by atoms with Crippen LogP contribution in [0.5, 0.6) is 5.75 Å². The first-order valence-electron chi connectivity index (χ1n) is 17.9. The Kier molecular flexibility index (Phi) is 12.4. The minimum absolute atomic E-state index is 0.0711. The highest BCUT2D eigenvalue weighted by molar-refractivity contribution is 7.09. The summed E-state index contributed by atoms with van der Waals surface area (Å²) in [4.78, 5) is 24.2. The number of benzene rings is 3. The summed E-state index contributed by atoms with van der Waals surface area (Å²) in [6.07, 6.45) is 6.79. The average Bonchev–Trinajstić information content (AvgIpc) is 3.44. The second-order valence-electron chi connectivity index (χ2n) is 13.3. The van der Waals surface area contributed by atoms with Crippen LogP contribution in [-0.2, 0) is 27.4 Å². The van der Waals surface area contributed by atoms with Gasteiger partial charge in [-0.1, -0.05) is 43.7 Å². The third-order valence-corrected chi connectivity index (χ3v) is 10.5. The van der Waals surface area contributed by atoms with Crippen molar-refractivity contribution in [2.45, 2.75) is 78.3 Å². The first kappa shape index (κ1) is 35.8. The van der Waals surface area contributed by atoms with Crippen LogP contribution in [0.1, 0.15) is 67.6 Å². The summed E-state index contributed by atoms with van der Waals surface area (Å²) in [5.74, 6) is 0.703. The molecule has 1 amide bonds. The van der Waals surface area contributed by atoms with Crippen molar-refractivity contribution in [3.05, 3.63) is 99.5 Å².